The summed E-state index contributed by atoms with van der Waals surface area (Å²) < 4.78 is 0. The van der Waals surface area contributed by atoms with Gasteiger partial charge in [-0.2, -0.15) is 0 Å². The first-order valence-electron chi connectivity index (χ1n) is 4.74. The van der Waals surface area contributed by atoms with Crippen LogP contribution in [0.15, 0.2) is 0 Å². The summed E-state index contributed by atoms with van der Waals surface area (Å²) in [5, 5.41) is 17.9. The highest BCUT2D eigenvalue weighted by Gasteiger charge is 1.96. The van der Waals surface area contributed by atoms with Gasteiger partial charge in [0.25, 0.3) is 0 Å². The molecule has 0 amide bonds. The summed E-state index contributed by atoms with van der Waals surface area (Å²) in [6, 6.07) is 0. The van der Waals surface area contributed by atoms with Crippen molar-refractivity contribution in [1.82, 2.24) is 0 Å². The fraction of sp³-hybridized carbons (Fsp3) is 0.889. The van der Waals surface area contributed by atoms with E-state index in [1.54, 1.807) is 0 Å². The topological polar surface area (TPSA) is 66.4 Å². The summed E-state index contributed by atoms with van der Waals surface area (Å²) in [7, 11) is 0. The van der Waals surface area contributed by atoms with Gasteiger partial charge in [-0.3, -0.25) is 4.79 Å². The van der Waals surface area contributed by atoms with Crippen LogP contribution < -0.4 is 0 Å². The van der Waals surface area contributed by atoms with Crippen molar-refractivity contribution in [2.45, 2.75) is 44.9 Å². The van der Waals surface area contributed by atoms with Crippen LogP contribution in [-0.2, 0) is 14.9 Å². The molecule has 0 saturated heterocycles. The molecule has 0 aliphatic carbocycles. The Morgan fingerprint density at radius 1 is 1.00 bits per heavy atom. The first kappa shape index (κ1) is 12.4. The van der Waals surface area contributed by atoms with E-state index in [0.29, 0.717) is 0 Å². The lowest BCUT2D eigenvalue weighted by Gasteiger charge is -1.98. The summed E-state index contributed by atoms with van der Waals surface area (Å²) >= 11 is 0. The average molecular weight is 189 g/mol. The van der Waals surface area contributed by atoms with Gasteiger partial charge >= 0.3 is 5.97 Å². The summed E-state index contributed by atoms with van der Waals surface area (Å²) in [6.07, 6.45) is 5.90. The SMILES string of the molecule is [O]OCCCCCCCCC(=O)O. The molecule has 0 saturated carbocycles. The molecule has 0 aromatic rings. The monoisotopic (exact) mass is 189 g/mol. The van der Waals surface area contributed by atoms with Crippen molar-refractivity contribution in [2.24, 2.45) is 0 Å². The summed E-state index contributed by atoms with van der Waals surface area (Å²) in [6.45, 7) is 0.287. The first-order chi connectivity index (χ1) is 6.27. The molecule has 77 valence electrons. The number of hydrogen-bond acceptors (Lipinski definition) is 2. The molecule has 0 bridgehead atoms. The Hall–Kier alpha value is -0.610. The van der Waals surface area contributed by atoms with Crippen molar-refractivity contribution in [2.75, 3.05) is 6.61 Å². The lowest BCUT2D eigenvalue weighted by molar-refractivity contribution is -0.303. The van der Waals surface area contributed by atoms with Gasteiger partial charge in [-0.15, -0.1) is 0 Å². The molecule has 0 aromatic heterocycles. The van der Waals surface area contributed by atoms with E-state index in [2.05, 4.69) is 4.89 Å². The van der Waals surface area contributed by atoms with E-state index in [0.717, 1.165) is 38.5 Å². The van der Waals surface area contributed by atoms with Gasteiger partial charge in [-0.05, 0) is 18.1 Å². The molecule has 0 aromatic carbocycles. The quantitative estimate of drug-likeness (QED) is 0.343. The van der Waals surface area contributed by atoms with Crippen LogP contribution in [-0.4, -0.2) is 17.7 Å². The van der Waals surface area contributed by atoms with Crippen LogP contribution in [0.2, 0.25) is 0 Å². The Morgan fingerprint density at radius 3 is 2.08 bits per heavy atom. The molecule has 0 atom stereocenters. The number of unbranched alkanes of at least 4 members (excludes halogenated alkanes) is 5. The molecule has 0 fully saturated rings. The summed E-state index contributed by atoms with van der Waals surface area (Å²) in [5.74, 6) is -0.722. The number of carboxylic acid groups (broad SMARTS) is 1. The molecular weight excluding hydrogens is 172 g/mol. The van der Waals surface area contributed by atoms with Gasteiger partial charge in [-0.1, -0.05) is 25.7 Å². The Balaban J connectivity index is 2.87. The van der Waals surface area contributed by atoms with E-state index in [9.17, 15) is 10.1 Å². The lowest BCUT2D eigenvalue weighted by atomic mass is 10.1. The van der Waals surface area contributed by atoms with Crippen LogP contribution >= 0.6 is 0 Å². The number of hydrogen-bond donors (Lipinski definition) is 1. The molecule has 0 rings (SSSR count). The zero-order valence-electron chi connectivity index (χ0n) is 7.83. The van der Waals surface area contributed by atoms with Gasteiger partial charge in [0.05, 0.1) is 6.61 Å². The van der Waals surface area contributed by atoms with Crippen molar-refractivity contribution in [3.05, 3.63) is 0 Å². The Bertz CT molecular complexity index is 125. The molecule has 13 heavy (non-hydrogen) atoms. The van der Waals surface area contributed by atoms with E-state index in [4.69, 9.17) is 5.11 Å². The predicted molar refractivity (Wildman–Crippen MR) is 46.6 cm³/mol. The zero-order chi connectivity index (χ0) is 9.94. The zero-order valence-corrected chi connectivity index (χ0v) is 7.83. The van der Waals surface area contributed by atoms with Crippen LogP contribution in [0.4, 0.5) is 0 Å². The normalized spacial score (nSPS) is 10.2. The van der Waals surface area contributed by atoms with E-state index >= 15 is 0 Å². The van der Waals surface area contributed by atoms with Crippen molar-refractivity contribution in [3.63, 3.8) is 0 Å². The standard InChI is InChI=1S/C9H17O4/c10-9(11)7-5-3-1-2-4-6-8-13-12/h1-8H2,(H,10,11). The highest BCUT2D eigenvalue weighted by atomic mass is 17.1. The Kier molecular flexibility index (Phi) is 9.03. The van der Waals surface area contributed by atoms with Gasteiger partial charge < -0.3 is 5.11 Å². The minimum Gasteiger partial charge on any atom is -0.481 e. The van der Waals surface area contributed by atoms with Crippen LogP contribution in [0.25, 0.3) is 0 Å². The second-order valence-electron chi connectivity index (χ2n) is 3.09. The molecule has 0 aliphatic rings. The summed E-state index contributed by atoms with van der Waals surface area (Å²) in [4.78, 5) is 13.8. The number of carbonyl (C=O) groups is 1. The van der Waals surface area contributed by atoms with Crippen molar-refractivity contribution in [1.29, 1.82) is 0 Å². The highest BCUT2D eigenvalue weighted by Crippen LogP contribution is 2.06. The largest absolute Gasteiger partial charge is 0.481 e. The molecule has 4 nitrogen and oxygen atoms in total. The third-order valence-electron chi connectivity index (χ3n) is 1.87. The first-order valence-corrected chi connectivity index (χ1v) is 4.74. The molecule has 1 N–H and O–H groups in total. The third-order valence-corrected chi connectivity index (χ3v) is 1.87. The maximum Gasteiger partial charge on any atom is 0.303 e. The van der Waals surface area contributed by atoms with Crippen LogP contribution in [0.5, 0.6) is 0 Å². The maximum atomic E-state index is 10.1. The molecule has 0 aliphatic heterocycles. The van der Waals surface area contributed by atoms with E-state index in [1.807, 2.05) is 0 Å². The smallest absolute Gasteiger partial charge is 0.303 e. The Labute approximate surface area is 78.5 Å². The lowest BCUT2D eigenvalue weighted by Crippen LogP contribution is -1.93. The van der Waals surface area contributed by atoms with E-state index in [1.165, 1.54) is 0 Å². The fourth-order valence-electron chi connectivity index (χ4n) is 1.14. The molecule has 0 spiro atoms. The van der Waals surface area contributed by atoms with Crippen molar-refractivity contribution >= 4 is 5.97 Å². The van der Waals surface area contributed by atoms with E-state index < -0.39 is 5.97 Å². The molecule has 4 heteroatoms. The Morgan fingerprint density at radius 2 is 1.54 bits per heavy atom. The van der Waals surface area contributed by atoms with Gasteiger partial charge in [0, 0.05) is 6.42 Å². The summed E-state index contributed by atoms with van der Waals surface area (Å²) in [5.41, 5.74) is 0. The van der Waals surface area contributed by atoms with Gasteiger partial charge in [0.1, 0.15) is 0 Å². The third kappa shape index (κ3) is 11.4. The minimum absolute atomic E-state index is 0.268. The average Bonchev–Trinajstić information content (AvgIpc) is 2.09. The predicted octanol–water partition coefficient (Wildman–Crippen LogP) is 2.16. The number of carboxylic acids is 1. The van der Waals surface area contributed by atoms with Gasteiger partial charge in [0.2, 0.25) is 0 Å². The minimum atomic E-state index is -0.722. The van der Waals surface area contributed by atoms with Gasteiger partial charge in [0.15, 0.2) is 0 Å². The van der Waals surface area contributed by atoms with Crippen LogP contribution in [0.1, 0.15) is 44.9 Å². The number of aliphatic carboxylic acids is 1. The molecule has 1 radical (unpaired) electrons. The van der Waals surface area contributed by atoms with Gasteiger partial charge in [-0.25, -0.2) is 4.89 Å². The van der Waals surface area contributed by atoms with Crippen molar-refractivity contribution in [3.8, 4) is 0 Å². The number of rotatable bonds is 9. The molecule has 0 unspecified atom stereocenters. The molecule has 0 heterocycles. The van der Waals surface area contributed by atoms with Crippen molar-refractivity contribution < 1.29 is 20.0 Å². The second-order valence-corrected chi connectivity index (χ2v) is 3.09. The fourth-order valence-corrected chi connectivity index (χ4v) is 1.14. The second kappa shape index (κ2) is 9.48. The highest BCUT2D eigenvalue weighted by molar-refractivity contribution is 5.66. The maximum absolute atomic E-state index is 10.1. The molecular formula is C9H17O4. The van der Waals surface area contributed by atoms with Crippen LogP contribution in [0, 0.1) is 0 Å². The van der Waals surface area contributed by atoms with Crippen LogP contribution in [0.3, 0.4) is 0 Å². The van der Waals surface area contributed by atoms with E-state index in [-0.39, 0.29) is 13.0 Å².